The second-order valence-electron chi connectivity index (χ2n) is 6.14. The van der Waals surface area contributed by atoms with Crippen molar-refractivity contribution in [2.24, 2.45) is 5.41 Å². The zero-order valence-corrected chi connectivity index (χ0v) is 14.3. The predicted octanol–water partition coefficient (Wildman–Crippen LogP) is 0.742. The molecule has 0 saturated carbocycles. The Balaban J connectivity index is 3.10. The summed E-state index contributed by atoms with van der Waals surface area (Å²) in [4.78, 5) is 45.7. The van der Waals surface area contributed by atoms with E-state index in [1.54, 1.807) is 0 Å². The van der Waals surface area contributed by atoms with E-state index in [4.69, 9.17) is 9.84 Å². The lowest BCUT2D eigenvalue weighted by Gasteiger charge is -2.33. The van der Waals surface area contributed by atoms with Gasteiger partial charge in [0.25, 0.3) is 0 Å². The largest absolute Gasteiger partial charge is 0.481 e. The highest BCUT2D eigenvalue weighted by Gasteiger charge is 2.44. The fourth-order valence-corrected chi connectivity index (χ4v) is 2.47. The topological polar surface area (TPSA) is 158 Å². The number of carboxylic acid groups (broad SMARTS) is 3. The molecule has 0 amide bonds. The van der Waals surface area contributed by atoms with Crippen LogP contribution in [0.4, 0.5) is 0 Å². The number of carboxylic acids is 3. The summed E-state index contributed by atoms with van der Waals surface area (Å²) in [6.45, 7) is 6.15. The second kappa shape index (κ2) is 7.96. The summed E-state index contributed by atoms with van der Waals surface area (Å²) in [5.74, 6) is -5.26. The molecule has 1 aliphatic carbocycles. The summed E-state index contributed by atoms with van der Waals surface area (Å²) in [5.41, 5.74) is -2.86. The molecule has 0 aromatic carbocycles. The van der Waals surface area contributed by atoms with Gasteiger partial charge in [-0.1, -0.05) is 12.7 Å². The molecule has 0 bridgehead atoms. The highest BCUT2D eigenvalue weighted by molar-refractivity contribution is 6.02. The molecule has 3 atom stereocenters. The normalized spacial score (nSPS) is 21.7. The Bertz CT molecular complexity index is 716. The van der Waals surface area contributed by atoms with Gasteiger partial charge in [0.05, 0.1) is 22.7 Å². The van der Waals surface area contributed by atoms with E-state index in [0.717, 1.165) is 12.2 Å². The van der Waals surface area contributed by atoms with Crippen LogP contribution in [-0.2, 0) is 23.9 Å². The Morgan fingerprint density at radius 1 is 1.23 bits per heavy atom. The molecule has 0 aromatic rings. The molecule has 142 valence electrons. The van der Waals surface area contributed by atoms with E-state index in [9.17, 15) is 34.5 Å². The smallest absolute Gasteiger partial charge is 0.336 e. The summed E-state index contributed by atoms with van der Waals surface area (Å²) in [7, 11) is 0. The van der Waals surface area contributed by atoms with E-state index >= 15 is 0 Å². The molecular formula is C17H20O9. The van der Waals surface area contributed by atoms with Gasteiger partial charge >= 0.3 is 23.9 Å². The highest BCUT2D eigenvalue weighted by atomic mass is 16.6. The van der Waals surface area contributed by atoms with E-state index in [1.165, 1.54) is 13.8 Å². The van der Waals surface area contributed by atoms with Crippen molar-refractivity contribution in [3.63, 3.8) is 0 Å². The molecule has 1 aliphatic rings. The minimum Gasteiger partial charge on any atom is -0.481 e. The maximum Gasteiger partial charge on any atom is 0.336 e. The quantitative estimate of drug-likeness (QED) is 0.358. The van der Waals surface area contributed by atoms with Crippen molar-refractivity contribution in [3.8, 4) is 0 Å². The number of hydrogen-bond acceptors (Lipinski definition) is 6. The number of aliphatic carboxylic acids is 3. The van der Waals surface area contributed by atoms with Crippen LogP contribution in [0.25, 0.3) is 0 Å². The van der Waals surface area contributed by atoms with Crippen LogP contribution in [0.15, 0.2) is 35.5 Å². The number of aliphatic hydroxyl groups is 1. The zero-order valence-electron chi connectivity index (χ0n) is 14.3. The molecule has 0 aliphatic heterocycles. The molecule has 9 nitrogen and oxygen atoms in total. The van der Waals surface area contributed by atoms with E-state index < -0.39 is 65.5 Å². The SMILES string of the molecule is C=C(C)C(=O)OC(C)C(O)CC1(C(=O)O)C=CC(C(=O)O)=C(C(=O)O)C1. The monoisotopic (exact) mass is 368 g/mol. The molecule has 0 radical (unpaired) electrons. The van der Waals surface area contributed by atoms with Gasteiger partial charge in [0.1, 0.15) is 6.10 Å². The number of carbonyl (C=O) groups is 4. The van der Waals surface area contributed by atoms with Crippen LogP contribution < -0.4 is 0 Å². The van der Waals surface area contributed by atoms with Crippen LogP contribution in [0.3, 0.4) is 0 Å². The molecule has 0 heterocycles. The van der Waals surface area contributed by atoms with Crippen molar-refractivity contribution >= 4 is 23.9 Å². The lowest BCUT2D eigenvalue weighted by molar-refractivity contribution is -0.154. The Morgan fingerprint density at radius 3 is 2.23 bits per heavy atom. The van der Waals surface area contributed by atoms with Gasteiger partial charge in [0, 0.05) is 12.0 Å². The van der Waals surface area contributed by atoms with E-state index in [1.807, 2.05) is 0 Å². The van der Waals surface area contributed by atoms with Crippen LogP contribution in [-0.4, -0.2) is 56.5 Å². The molecular weight excluding hydrogens is 348 g/mol. The summed E-state index contributed by atoms with van der Waals surface area (Å²) in [6.07, 6.45) is -1.67. The third-order valence-corrected chi connectivity index (χ3v) is 4.06. The molecule has 9 heteroatoms. The Labute approximate surface area is 148 Å². The average Bonchev–Trinajstić information content (AvgIpc) is 2.53. The van der Waals surface area contributed by atoms with Crippen LogP contribution in [0.5, 0.6) is 0 Å². The third kappa shape index (κ3) is 4.57. The number of esters is 1. The van der Waals surface area contributed by atoms with Crippen molar-refractivity contribution in [1.29, 1.82) is 0 Å². The van der Waals surface area contributed by atoms with Gasteiger partial charge in [-0.05, 0) is 26.3 Å². The molecule has 0 fully saturated rings. The zero-order chi connectivity index (χ0) is 20.2. The van der Waals surface area contributed by atoms with Gasteiger partial charge in [-0.2, -0.15) is 0 Å². The molecule has 0 aromatic heterocycles. The fraction of sp³-hybridized carbons (Fsp3) is 0.412. The number of rotatable bonds is 8. The van der Waals surface area contributed by atoms with E-state index in [2.05, 4.69) is 6.58 Å². The first-order chi connectivity index (χ1) is 11.9. The van der Waals surface area contributed by atoms with Crippen molar-refractivity contribution in [2.45, 2.75) is 38.9 Å². The van der Waals surface area contributed by atoms with Crippen LogP contribution in [0, 0.1) is 5.41 Å². The Hall–Kier alpha value is -2.94. The third-order valence-electron chi connectivity index (χ3n) is 4.06. The molecule has 4 N–H and O–H groups in total. The number of ether oxygens (including phenoxy) is 1. The van der Waals surface area contributed by atoms with Crippen LogP contribution in [0.1, 0.15) is 26.7 Å². The van der Waals surface area contributed by atoms with Crippen molar-refractivity contribution in [2.75, 3.05) is 0 Å². The fourth-order valence-electron chi connectivity index (χ4n) is 2.47. The molecule has 3 unspecified atom stereocenters. The van der Waals surface area contributed by atoms with Gasteiger partial charge in [-0.3, -0.25) is 4.79 Å². The standard InChI is InChI=1S/C17H20O9/c1-8(2)15(23)26-9(3)12(18)7-17(16(24)25)5-4-10(13(19)20)11(6-17)14(21)22/h4-5,9,12,18H,1,6-7H2,2-3H3,(H,19,20)(H,21,22)(H,24,25). The van der Waals surface area contributed by atoms with Crippen molar-refractivity contribution in [3.05, 3.63) is 35.5 Å². The highest BCUT2D eigenvalue weighted by Crippen LogP contribution is 2.39. The number of hydrogen-bond donors (Lipinski definition) is 4. The Morgan fingerprint density at radius 2 is 1.81 bits per heavy atom. The summed E-state index contributed by atoms with van der Waals surface area (Å²) < 4.78 is 4.95. The van der Waals surface area contributed by atoms with E-state index in [-0.39, 0.29) is 5.57 Å². The molecule has 0 spiro atoms. The van der Waals surface area contributed by atoms with Gasteiger partial charge in [-0.25, -0.2) is 14.4 Å². The lowest BCUT2D eigenvalue weighted by atomic mass is 9.72. The minimum atomic E-state index is -1.85. The molecule has 1 rings (SSSR count). The average molecular weight is 368 g/mol. The lowest BCUT2D eigenvalue weighted by Crippen LogP contribution is -2.40. The molecule has 0 saturated heterocycles. The number of aliphatic hydroxyl groups excluding tert-OH is 1. The van der Waals surface area contributed by atoms with Crippen molar-refractivity contribution < 1.29 is 44.3 Å². The Kier molecular flexibility index (Phi) is 6.46. The maximum absolute atomic E-state index is 11.8. The number of carbonyl (C=O) groups excluding carboxylic acids is 1. The first-order valence-corrected chi connectivity index (χ1v) is 7.58. The summed E-state index contributed by atoms with van der Waals surface area (Å²) in [5, 5.41) is 38.1. The summed E-state index contributed by atoms with van der Waals surface area (Å²) in [6, 6.07) is 0. The second-order valence-corrected chi connectivity index (χ2v) is 6.14. The maximum atomic E-state index is 11.8. The predicted molar refractivity (Wildman–Crippen MR) is 87.1 cm³/mol. The first kappa shape index (κ1) is 21.1. The van der Waals surface area contributed by atoms with E-state index in [0.29, 0.717) is 0 Å². The van der Waals surface area contributed by atoms with Crippen LogP contribution >= 0.6 is 0 Å². The van der Waals surface area contributed by atoms with Gasteiger partial charge in [0.15, 0.2) is 0 Å². The van der Waals surface area contributed by atoms with Crippen LogP contribution in [0.2, 0.25) is 0 Å². The van der Waals surface area contributed by atoms with Gasteiger partial charge in [0.2, 0.25) is 0 Å². The van der Waals surface area contributed by atoms with Gasteiger partial charge < -0.3 is 25.2 Å². The molecule has 26 heavy (non-hydrogen) atoms. The first-order valence-electron chi connectivity index (χ1n) is 7.58. The van der Waals surface area contributed by atoms with Crippen molar-refractivity contribution in [1.82, 2.24) is 0 Å². The summed E-state index contributed by atoms with van der Waals surface area (Å²) >= 11 is 0. The minimum absolute atomic E-state index is 0.0942. The van der Waals surface area contributed by atoms with Gasteiger partial charge in [-0.15, -0.1) is 0 Å².